The number of carbonyl (C=O) groups is 2. The van der Waals surface area contributed by atoms with E-state index >= 15 is 0 Å². The molecule has 0 unspecified atom stereocenters. The molecule has 0 bridgehead atoms. The van der Waals surface area contributed by atoms with Crippen molar-refractivity contribution in [2.75, 3.05) is 12.0 Å². The molecule has 2 N–H and O–H groups in total. The second kappa shape index (κ2) is 7.62. The number of aliphatic carboxylic acids is 1. The molecular weight excluding hydrogens is 309 g/mol. The van der Waals surface area contributed by atoms with Crippen LogP contribution in [0.4, 0.5) is 0 Å². The van der Waals surface area contributed by atoms with Gasteiger partial charge in [0.1, 0.15) is 6.04 Å². The summed E-state index contributed by atoms with van der Waals surface area (Å²) in [5.74, 6) is -0.881. The number of nitrogens with one attached hydrogen (secondary N) is 1. The molecule has 1 atom stereocenters. The minimum Gasteiger partial charge on any atom is -0.480 e. The van der Waals surface area contributed by atoms with Gasteiger partial charge in [-0.2, -0.15) is 11.8 Å². The van der Waals surface area contributed by atoms with Crippen LogP contribution >= 0.6 is 35.0 Å². The van der Waals surface area contributed by atoms with E-state index in [-0.39, 0.29) is 10.6 Å². The van der Waals surface area contributed by atoms with Gasteiger partial charge < -0.3 is 10.4 Å². The second-order valence-corrected chi connectivity index (χ2v) is 5.57. The van der Waals surface area contributed by atoms with Crippen LogP contribution in [-0.2, 0) is 4.79 Å². The van der Waals surface area contributed by atoms with Gasteiger partial charge >= 0.3 is 5.97 Å². The summed E-state index contributed by atoms with van der Waals surface area (Å²) < 4.78 is 0. The van der Waals surface area contributed by atoms with Crippen LogP contribution in [0.25, 0.3) is 0 Å². The number of carbonyl (C=O) groups excluding carboxylic acids is 1. The molecule has 0 saturated carbocycles. The first-order valence-corrected chi connectivity index (χ1v) is 7.58. The van der Waals surface area contributed by atoms with E-state index in [1.807, 2.05) is 6.26 Å². The average Bonchev–Trinajstić information content (AvgIpc) is 2.37. The fourth-order valence-electron chi connectivity index (χ4n) is 1.37. The average molecular weight is 322 g/mol. The normalized spacial score (nSPS) is 11.9. The number of benzene rings is 1. The Hall–Kier alpha value is -0.910. The third kappa shape index (κ3) is 4.93. The molecule has 0 saturated heterocycles. The standard InChI is InChI=1S/C12H13Cl2NO3S/c1-19-5-4-10(12(17)18)15-11(16)7-2-3-8(13)9(14)6-7/h2-3,6,10H,4-5H2,1H3,(H,15,16)(H,17,18)/t10-/m1/s1. The van der Waals surface area contributed by atoms with Gasteiger partial charge in [-0.25, -0.2) is 4.79 Å². The summed E-state index contributed by atoms with van der Waals surface area (Å²) in [5.41, 5.74) is 0.282. The van der Waals surface area contributed by atoms with E-state index in [4.69, 9.17) is 28.3 Å². The number of thioether (sulfide) groups is 1. The summed E-state index contributed by atoms with van der Waals surface area (Å²) >= 11 is 13.1. The highest BCUT2D eigenvalue weighted by Crippen LogP contribution is 2.22. The zero-order valence-corrected chi connectivity index (χ0v) is 12.5. The lowest BCUT2D eigenvalue weighted by Gasteiger charge is -2.14. The molecule has 1 aromatic rings. The van der Waals surface area contributed by atoms with Crippen molar-refractivity contribution < 1.29 is 14.7 Å². The van der Waals surface area contributed by atoms with Crippen LogP contribution in [-0.4, -0.2) is 35.0 Å². The summed E-state index contributed by atoms with van der Waals surface area (Å²) in [7, 11) is 0. The maximum Gasteiger partial charge on any atom is 0.326 e. The lowest BCUT2D eigenvalue weighted by molar-refractivity contribution is -0.139. The Morgan fingerprint density at radius 1 is 1.37 bits per heavy atom. The Balaban J connectivity index is 2.75. The van der Waals surface area contributed by atoms with Crippen molar-refractivity contribution >= 4 is 46.8 Å². The summed E-state index contributed by atoms with van der Waals surface area (Å²) in [6, 6.07) is 3.50. The number of halogens is 2. The van der Waals surface area contributed by atoms with Gasteiger partial charge in [-0.3, -0.25) is 4.79 Å². The number of hydrogen-bond donors (Lipinski definition) is 2. The molecule has 0 aliphatic carbocycles. The van der Waals surface area contributed by atoms with E-state index in [0.717, 1.165) is 0 Å². The van der Waals surface area contributed by atoms with E-state index < -0.39 is 17.9 Å². The monoisotopic (exact) mass is 321 g/mol. The number of carboxylic acids is 1. The van der Waals surface area contributed by atoms with Crippen molar-refractivity contribution in [3.8, 4) is 0 Å². The first-order valence-electron chi connectivity index (χ1n) is 5.43. The molecule has 1 aromatic carbocycles. The van der Waals surface area contributed by atoms with Gasteiger partial charge in [0.05, 0.1) is 10.0 Å². The molecule has 104 valence electrons. The second-order valence-electron chi connectivity index (χ2n) is 3.77. The van der Waals surface area contributed by atoms with E-state index in [0.29, 0.717) is 17.2 Å². The maximum atomic E-state index is 11.9. The number of amides is 1. The van der Waals surface area contributed by atoms with Crippen LogP contribution < -0.4 is 5.32 Å². The first-order chi connectivity index (χ1) is 8.95. The summed E-state index contributed by atoms with van der Waals surface area (Å²) in [4.78, 5) is 22.9. The van der Waals surface area contributed by atoms with Crippen LogP contribution in [0.3, 0.4) is 0 Å². The fraction of sp³-hybridized carbons (Fsp3) is 0.333. The molecule has 1 amide bonds. The highest BCUT2D eigenvalue weighted by Gasteiger charge is 2.20. The maximum absolute atomic E-state index is 11.9. The van der Waals surface area contributed by atoms with Crippen molar-refractivity contribution in [2.24, 2.45) is 0 Å². The summed E-state index contributed by atoms with van der Waals surface area (Å²) in [6.45, 7) is 0. The zero-order valence-electron chi connectivity index (χ0n) is 10.2. The van der Waals surface area contributed by atoms with Crippen LogP contribution in [0.2, 0.25) is 10.0 Å². The fourth-order valence-corrected chi connectivity index (χ4v) is 2.14. The Morgan fingerprint density at radius 2 is 2.05 bits per heavy atom. The molecule has 0 aromatic heterocycles. The molecule has 0 fully saturated rings. The lowest BCUT2D eigenvalue weighted by atomic mass is 10.1. The van der Waals surface area contributed by atoms with Crippen LogP contribution in [0.1, 0.15) is 16.8 Å². The lowest BCUT2D eigenvalue weighted by Crippen LogP contribution is -2.41. The number of carboxylic acid groups (broad SMARTS) is 1. The Kier molecular flexibility index (Phi) is 6.48. The number of rotatable bonds is 6. The third-order valence-corrected chi connectivity index (χ3v) is 3.78. The first kappa shape index (κ1) is 16.1. The van der Waals surface area contributed by atoms with Gasteiger partial charge in [0.25, 0.3) is 5.91 Å². The molecular formula is C12H13Cl2NO3S. The molecule has 0 aliphatic rings. The van der Waals surface area contributed by atoms with E-state index in [1.165, 1.54) is 30.0 Å². The van der Waals surface area contributed by atoms with Gasteiger partial charge in [0.2, 0.25) is 0 Å². The van der Waals surface area contributed by atoms with Crippen LogP contribution in [0.5, 0.6) is 0 Å². The molecule has 0 radical (unpaired) electrons. The SMILES string of the molecule is CSCC[C@@H](NC(=O)c1ccc(Cl)c(Cl)c1)C(=O)O. The van der Waals surface area contributed by atoms with Gasteiger partial charge in [-0.05, 0) is 36.6 Å². The van der Waals surface area contributed by atoms with E-state index in [2.05, 4.69) is 5.32 Å². The van der Waals surface area contributed by atoms with Crippen molar-refractivity contribution in [1.82, 2.24) is 5.32 Å². The molecule has 0 aliphatic heterocycles. The van der Waals surface area contributed by atoms with Crippen LogP contribution in [0.15, 0.2) is 18.2 Å². The predicted molar refractivity (Wildman–Crippen MR) is 78.4 cm³/mol. The van der Waals surface area contributed by atoms with Gasteiger partial charge in [-0.1, -0.05) is 23.2 Å². The highest BCUT2D eigenvalue weighted by atomic mass is 35.5. The van der Waals surface area contributed by atoms with Crippen molar-refractivity contribution in [1.29, 1.82) is 0 Å². The Morgan fingerprint density at radius 3 is 2.58 bits per heavy atom. The predicted octanol–water partition coefficient (Wildman–Crippen LogP) is 2.93. The van der Waals surface area contributed by atoms with E-state index in [1.54, 1.807) is 0 Å². The van der Waals surface area contributed by atoms with Gasteiger partial charge in [0, 0.05) is 5.56 Å². The topological polar surface area (TPSA) is 66.4 Å². The van der Waals surface area contributed by atoms with Gasteiger partial charge in [0.15, 0.2) is 0 Å². The number of hydrogen-bond acceptors (Lipinski definition) is 3. The van der Waals surface area contributed by atoms with Crippen molar-refractivity contribution in [2.45, 2.75) is 12.5 Å². The van der Waals surface area contributed by atoms with Crippen molar-refractivity contribution in [3.05, 3.63) is 33.8 Å². The Bertz CT molecular complexity index is 482. The minimum absolute atomic E-state index is 0.255. The third-order valence-electron chi connectivity index (χ3n) is 2.40. The van der Waals surface area contributed by atoms with Crippen molar-refractivity contribution in [3.63, 3.8) is 0 Å². The van der Waals surface area contributed by atoms with E-state index in [9.17, 15) is 9.59 Å². The van der Waals surface area contributed by atoms with Crippen LogP contribution in [0, 0.1) is 0 Å². The molecule has 1 rings (SSSR count). The quantitative estimate of drug-likeness (QED) is 0.845. The van der Waals surface area contributed by atoms with Gasteiger partial charge in [-0.15, -0.1) is 0 Å². The largest absolute Gasteiger partial charge is 0.480 e. The molecule has 0 spiro atoms. The molecule has 19 heavy (non-hydrogen) atoms. The molecule has 4 nitrogen and oxygen atoms in total. The zero-order chi connectivity index (χ0) is 14.4. The minimum atomic E-state index is -1.05. The highest BCUT2D eigenvalue weighted by molar-refractivity contribution is 7.98. The molecule has 7 heteroatoms. The smallest absolute Gasteiger partial charge is 0.326 e. The summed E-state index contributed by atoms with van der Waals surface area (Å²) in [6.07, 6.45) is 2.24. The summed E-state index contributed by atoms with van der Waals surface area (Å²) in [5, 5.41) is 12.1. The molecule has 0 heterocycles. The Labute approximate surface area is 125 Å².